The minimum absolute atomic E-state index is 0.105. The molecule has 2 aromatic heterocycles. The quantitative estimate of drug-likeness (QED) is 0.294. The van der Waals surface area contributed by atoms with Crippen molar-refractivity contribution in [3.8, 4) is 0 Å². The Labute approximate surface area is 177 Å². The van der Waals surface area contributed by atoms with Gasteiger partial charge in [0.15, 0.2) is 15.8 Å². The smallest absolute Gasteiger partial charge is 0.338 e. The molecular formula is C19H13F3N6O2S. The van der Waals surface area contributed by atoms with Gasteiger partial charge >= 0.3 is 6.18 Å². The predicted octanol–water partition coefficient (Wildman–Crippen LogP) is 5.81. The van der Waals surface area contributed by atoms with Gasteiger partial charge in [0.2, 0.25) is 0 Å². The number of rotatable bonds is 5. The van der Waals surface area contributed by atoms with Gasteiger partial charge in [0, 0.05) is 11.8 Å². The maximum atomic E-state index is 12.8. The highest BCUT2D eigenvalue weighted by molar-refractivity contribution is 7.21. The Hall–Kier alpha value is -3.80. The number of alkyl halides is 3. The summed E-state index contributed by atoms with van der Waals surface area (Å²) < 4.78 is 38.3. The molecule has 0 unspecified atom stereocenters. The summed E-state index contributed by atoms with van der Waals surface area (Å²) in [5.41, 5.74) is 0.192. The summed E-state index contributed by atoms with van der Waals surface area (Å²) >= 11 is 1.17. The van der Waals surface area contributed by atoms with Gasteiger partial charge in [-0.3, -0.25) is 10.1 Å². The van der Waals surface area contributed by atoms with E-state index in [4.69, 9.17) is 0 Å². The average molecular weight is 446 g/mol. The van der Waals surface area contributed by atoms with E-state index in [-0.39, 0.29) is 11.4 Å². The van der Waals surface area contributed by atoms with Crippen molar-refractivity contribution >= 4 is 49.7 Å². The topological polar surface area (TPSA) is 106 Å². The zero-order valence-electron chi connectivity index (χ0n) is 15.8. The fourth-order valence-corrected chi connectivity index (χ4v) is 3.70. The van der Waals surface area contributed by atoms with Gasteiger partial charge in [-0.15, -0.1) is 0 Å². The van der Waals surface area contributed by atoms with Crippen molar-refractivity contribution in [2.75, 3.05) is 10.6 Å². The number of anilines is 4. The van der Waals surface area contributed by atoms with E-state index in [9.17, 15) is 23.3 Å². The number of hydrogen-bond donors (Lipinski definition) is 2. The molecule has 2 N–H and O–H groups in total. The summed E-state index contributed by atoms with van der Waals surface area (Å²) in [7, 11) is 0. The summed E-state index contributed by atoms with van der Waals surface area (Å²) in [6.07, 6.45) is -4.42. The Kier molecular flexibility index (Phi) is 5.15. The summed E-state index contributed by atoms with van der Waals surface area (Å²) in [6.45, 7) is 1.67. The molecule has 0 aliphatic heterocycles. The number of fused-ring (bicyclic) bond motifs is 1. The number of para-hydroxylation sites is 2. The monoisotopic (exact) mass is 446 g/mol. The van der Waals surface area contributed by atoms with Crippen LogP contribution in [0.25, 0.3) is 10.3 Å². The second-order valence-electron chi connectivity index (χ2n) is 6.39. The van der Waals surface area contributed by atoms with Gasteiger partial charge in [0.25, 0.3) is 5.69 Å². The van der Waals surface area contributed by atoms with Crippen LogP contribution in [0.4, 0.5) is 41.2 Å². The third-order valence-electron chi connectivity index (χ3n) is 4.19. The van der Waals surface area contributed by atoms with Crippen LogP contribution in [0.3, 0.4) is 0 Å². The molecule has 0 aliphatic carbocycles. The lowest BCUT2D eigenvalue weighted by Gasteiger charge is -2.09. The second kappa shape index (κ2) is 7.80. The Morgan fingerprint density at radius 3 is 2.39 bits per heavy atom. The molecule has 4 rings (SSSR count). The minimum atomic E-state index is -4.42. The van der Waals surface area contributed by atoms with Gasteiger partial charge in [0.05, 0.1) is 10.5 Å². The van der Waals surface area contributed by atoms with E-state index in [1.165, 1.54) is 29.5 Å². The van der Waals surface area contributed by atoms with Crippen molar-refractivity contribution in [1.82, 2.24) is 15.0 Å². The first-order chi connectivity index (χ1) is 14.7. The van der Waals surface area contributed by atoms with Crippen molar-refractivity contribution in [1.29, 1.82) is 0 Å². The van der Waals surface area contributed by atoms with Crippen LogP contribution in [0.1, 0.15) is 11.4 Å². The number of hydrogen-bond acceptors (Lipinski definition) is 8. The average Bonchev–Trinajstić information content (AvgIpc) is 3.10. The highest BCUT2D eigenvalue weighted by Gasteiger charge is 2.30. The number of nitrogens with zero attached hydrogens (tertiary/aromatic N) is 4. The molecule has 0 saturated heterocycles. The number of thiazole rings is 1. The van der Waals surface area contributed by atoms with Crippen LogP contribution < -0.4 is 10.6 Å². The Morgan fingerprint density at radius 2 is 1.71 bits per heavy atom. The number of aryl methyl sites for hydroxylation is 1. The third-order valence-corrected chi connectivity index (χ3v) is 5.05. The third kappa shape index (κ3) is 4.38. The van der Waals surface area contributed by atoms with Gasteiger partial charge in [0.1, 0.15) is 17.0 Å². The highest BCUT2D eigenvalue weighted by Crippen LogP contribution is 2.35. The fourth-order valence-electron chi connectivity index (χ4n) is 2.80. The molecule has 12 heteroatoms. The van der Waals surface area contributed by atoms with E-state index in [2.05, 4.69) is 25.6 Å². The van der Waals surface area contributed by atoms with Crippen LogP contribution in [0, 0.1) is 17.0 Å². The predicted molar refractivity (Wildman–Crippen MR) is 111 cm³/mol. The van der Waals surface area contributed by atoms with Gasteiger partial charge in [-0.2, -0.15) is 13.2 Å². The zero-order valence-corrected chi connectivity index (χ0v) is 16.6. The molecule has 0 radical (unpaired) electrons. The van der Waals surface area contributed by atoms with Crippen molar-refractivity contribution in [2.24, 2.45) is 0 Å². The lowest BCUT2D eigenvalue weighted by Crippen LogP contribution is -2.05. The standard InChI is InChI=1S/C19H13F3N6O2S/c1-10-23-16(25-12-8-6-11(7-9-12)19(20,21)22)15-17(24-10)31-18(27-15)26-13-4-2-3-5-14(13)28(29)30/h2-9H,1H3,(H,26,27)(H,23,24,25). The largest absolute Gasteiger partial charge is 0.416 e. The SMILES string of the molecule is Cc1nc(Nc2ccc(C(F)(F)F)cc2)c2nc(Nc3ccccc3[N+](=O)[O-])sc2n1. The van der Waals surface area contributed by atoms with E-state index < -0.39 is 16.7 Å². The van der Waals surface area contributed by atoms with Crippen LogP contribution in [-0.4, -0.2) is 19.9 Å². The van der Waals surface area contributed by atoms with E-state index in [0.717, 1.165) is 12.1 Å². The number of halogens is 3. The maximum absolute atomic E-state index is 12.8. The first-order valence-electron chi connectivity index (χ1n) is 8.80. The molecule has 0 aliphatic rings. The molecule has 0 bridgehead atoms. The Balaban J connectivity index is 1.67. The van der Waals surface area contributed by atoms with Crippen LogP contribution >= 0.6 is 11.3 Å². The van der Waals surface area contributed by atoms with E-state index in [1.54, 1.807) is 25.1 Å². The molecular weight excluding hydrogens is 433 g/mol. The van der Waals surface area contributed by atoms with E-state index in [1.807, 2.05) is 0 Å². The molecule has 0 amide bonds. The minimum Gasteiger partial charge on any atom is -0.338 e. The lowest BCUT2D eigenvalue weighted by atomic mass is 10.2. The Bertz CT molecular complexity index is 1270. The highest BCUT2D eigenvalue weighted by atomic mass is 32.1. The maximum Gasteiger partial charge on any atom is 0.416 e. The molecule has 2 aromatic carbocycles. The molecule has 0 saturated carbocycles. The summed E-state index contributed by atoms with van der Waals surface area (Å²) in [5.74, 6) is 0.747. The van der Waals surface area contributed by atoms with Crippen LogP contribution in [-0.2, 0) is 6.18 Å². The number of benzene rings is 2. The van der Waals surface area contributed by atoms with Gasteiger partial charge in [-0.25, -0.2) is 15.0 Å². The summed E-state index contributed by atoms with van der Waals surface area (Å²) in [4.78, 5) is 24.3. The second-order valence-corrected chi connectivity index (χ2v) is 7.37. The molecule has 2 heterocycles. The van der Waals surface area contributed by atoms with Gasteiger partial charge in [-0.05, 0) is 37.3 Å². The normalized spacial score (nSPS) is 11.5. The fraction of sp³-hybridized carbons (Fsp3) is 0.105. The van der Waals surface area contributed by atoms with Gasteiger partial charge in [-0.1, -0.05) is 23.5 Å². The van der Waals surface area contributed by atoms with Crippen LogP contribution in [0.15, 0.2) is 48.5 Å². The first-order valence-corrected chi connectivity index (χ1v) is 9.62. The number of nitrogens with one attached hydrogen (secondary N) is 2. The molecule has 31 heavy (non-hydrogen) atoms. The van der Waals surface area contributed by atoms with E-state index >= 15 is 0 Å². The van der Waals surface area contributed by atoms with Crippen molar-refractivity contribution in [2.45, 2.75) is 13.1 Å². The van der Waals surface area contributed by atoms with Crippen LogP contribution in [0.2, 0.25) is 0 Å². The molecule has 8 nitrogen and oxygen atoms in total. The molecule has 0 atom stereocenters. The van der Waals surface area contributed by atoms with Crippen LogP contribution in [0.5, 0.6) is 0 Å². The first kappa shape index (κ1) is 20.5. The van der Waals surface area contributed by atoms with Gasteiger partial charge < -0.3 is 10.6 Å². The molecule has 0 fully saturated rings. The zero-order chi connectivity index (χ0) is 22.2. The number of nitro groups is 1. The molecule has 158 valence electrons. The van der Waals surface area contributed by atoms with Crippen molar-refractivity contribution < 1.29 is 18.1 Å². The summed E-state index contributed by atoms with van der Waals surface area (Å²) in [6, 6.07) is 10.7. The van der Waals surface area contributed by atoms with Crippen molar-refractivity contribution in [3.05, 3.63) is 70.0 Å². The molecule has 4 aromatic rings. The number of nitro benzene ring substituents is 1. The molecule has 0 spiro atoms. The Morgan fingerprint density at radius 1 is 1.00 bits per heavy atom. The number of aromatic nitrogens is 3. The van der Waals surface area contributed by atoms with Crippen molar-refractivity contribution in [3.63, 3.8) is 0 Å². The lowest BCUT2D eigenvalue weighted by molar-refractivity contribution is -0.383. The summed E-state index contributed by atoms with van der Waals surface area (Å²) in [5, 5.41) is 17.5. The van der Waals surface area contributed by atoms with E-state index in [0.29, 0.717) is 32.8 Å².